The van der Waals surface area contributed by atoms with Gasteiger partial charge in [0, 0.05) is 40.4 Å². The van der Waals surface area contributed by atoms with Crippen LogP contribution in [0.3, 0.4) is 0 Å². The molecule has 1 aromatic carbocycles. The Hall–Kier alpha value is -1.44. The van der Waals surface area contributed by atoms with Gasteiger partial charge in [0.05, 0.1) is 29.6 Å². The molecule has 2 heterocycles. The van der Waals surface area contributed by atoms with Gasteiger partial charge in [-0.3, -0.25) is 4.98 Å². The second-order valence-corrected chi connectivity index (χ2v) is 6.40. The van der Waals surface area contributed by atoms with Gasteiger partial charge < -0.3 is 4.74 Å². The summed E-state index contributed by atoms with van der Waals surface area (Å²) >= 11 is 0. The first-order valence-corrected chi connectivity index (χ1v) is 8.19. The summed E-state index contributed by atoms with van der Waals surface area (Å²) in [6.45, 7) is 3.89. The fraction of sp³-hybridized carbons (Fsp3) is 0.250. The number of rotatable bonds is 4. The smallest absolute Gasteiger partial charge is 0.131 e. The van der Waals surface area contributed by atoms with Crippen molar-refractivity contribution in [2.24, 2.45) is 0 Å². The van der Waals surface area contributed by atoms with Crippen LogP contribution in [0.25, 0.3) is 11.0 Å². The summed E-state index contributed by atoms with van der Waals surface area (Å²) in [5.74, 6) is 1.13. The lowest BCUT2D eigenvalue weighted by molar-refractivity contribution is 0.407. The second kappa shape index (κ2) is 7.42. The van der Waals surface area contributed by atoms with Gasteiger partial charge in [-0.15, -0.1) is 0 Å². The van der Waals surface area contributed by atoms with Gasteiger partial charge in [-0.05, 0) is 26.0 Å². The van der Waals surface area contributed by atoms with E-state index in [1.165, 1.54) is 0 Å². The molecule has 2 aromatic heterocycles. The van der Waals surface area contributed by atoms with E-state index in [1.807, 2.05) is 38.1 Å². The monoisotopic (exact) mass is 339 g/mol. The molecule has 5 nitrogen and oxygen atoms in total. The number of aryl methyl sites for hydroxylation is 1. The molecule has 0 amide bonds. The number of imidazole rings is 1. The van der Waals surface area contributed by atoms with Crippen molar-refractivity contribution in [1.29, 1.82) is 0 Å². The Morgan fingerprint density at radius 2 is 1.96 bits per heavy atom. The van der Waals surface area contributed by atoms with Crippen LogP contribution in [0.4, 0.5) is 0 Å². The van der Waals surface area contributed by atoms with E-state index >= 15 is 0 Å². The molecule has 0 aliphatic heterocycles. The third kappa shape index (κ3) is 3.41. The Kier molecular flexibility index (Phi) is 5.77. The maximum atomic E-state index is 12.7. The molecule has 1 atom stereocenters. The highest BCUT2D eigenvalue weighted by molar-refractivity contribution is 7.82. The Morgan fingerprint density at radius 1 is 1.22 bits per heavy atom. The molecule has 3 rings (SSSR count). The van der Waals surface area contributed by atoms with Gasteiger partial charge in [-0.25, -0.2) is 13.2 Å². The van der Waals surface area contributed by atoms with Crippen LogP contribution in [-0.4, -0.2) is 48.3 Å². The van der Waals surface area contributed by atoms with E-state index in [0.29, 0.717) is 5.75 Å². The highest BCUT2D eigenvalue weighted by atomic mass is 32.2. The molecular formula is C16H17MgN3O2S. The van der Waals surface area contributed by atoms with Crippen LogP contribution in [0, 0.1) is 13.8 Å². The molecule has 7 heteroatoms. The molecule has 0 fully saturated rings. The van der Waals surface area contributed by atoms with Crippen LogP contribution in [0.1, 0.15) is 16.8 Å². The number of pyridine rings is 1. The summed E-state index contributed by atoms with van der Waals surface area (Å²) in [6, 6.07) is 7.65. The summed E-state index contributed by atoms with van der Waals surface area (Å²) in [4.78, 5) is 8.69. The predicted molar refractivity (Wildman–Crippen MR) is 93.0 cm³/mol. The van der Waals surface area contributed by atoms with Crippen LogP contribution in [0.2, 0.25) is 0 Å². The summed E-state index contributed by atoms with van der Waals surface area (Å²) in [6.07, 6.45) is 3.37. The van der Waals surface area contributed by atoms with Crippen LogP contribution >= 0.6 is 0 Å². The molecule has 1 unspecified atom stereocenters. The highest BCUT2D eigenvalue weighted by Crippen LogP contribution is 2.25. The number of ether oxygens (including phenoxy) is 1. The Bertz CT molecular complexity index is 864. The lowest BCUT2D eigenvalue weighted by atomic mass is 10.1. The molecule has 116 valence electrons. The summed E-state index contributed by atoms with van der Waals surface area (Å²) in [5, 5.41) is 0. The molecule has 0 bridgehead atoms. The lowest BCUT2D eigenvalue weighted by Crippen LogP contribution is -2.09. The first kappa shape index (κ1) is 17.9. The summed E-state index contributed by atoms with van der Waals surface area (Å²) in [5.41, 5.74) is 4.38. The molecule has 2 radical (unpaired) electrons. The highest BCUT2D eigenvalue weighted by Gasteiger charge is 2.14. The maximum absolute atomic E-state index is 12.7. The molecular weight excluding hydrogens is 323 g/mol. The number of hydrogen-bond donors (Lipinski definition) is 0. The SMILES string of the molecule is COc1c(C)cnc(CS(=O)n2cnc3ccccc32)c1C.[Mg]. The Morgan fingerprint density at radius 3 is 2.70 bits per heavy atom. The van der Waals surface area contributed by atoms with Crippen LogP contribution in [0.5, 0.6) is 5.75 Å². The van der Waals surface area contributed by atoms with Gasteiger partial charge in [0.2, 0.25) is 0 Å². The standard InChI is InChI=1S/C16H17N3O2S.Mg/c1-11-8-17-14(12(2)16(11)21-3)9-22(20)19-10-18-13-6-4-5-7-15(13)19;/h4-8,10H,9H2,1-3H3;. The van der Waals surface area contributed by atoms with Crippen LogP contribution in [-0.2, 0) is 16.7 Å². The van der Waals surface area contributed by atoms with Crippen molar-refractivity contribution in [2.75, 3.05) is 7.11 Å². The molecule has 0 aliphatic carbocycles. The largest absolute Gasteiger partial charge is 0.496 e. The fourth-order valence-electron chi connectivity index (χ4n) is 2.50. The van der Waals surface area contributed by atoms with E-state index in [1.54, 1.807) is 23.6 Å². The Labute approximate surface area is 153 Å². The molecule has 0 saturated heterocycles. The van der Waals surface area contributed by atoms with Gasteiger partial charge in [-0.2, -0.15) is 0 Å². The van der Waals surface area contributed by atoms with Crippen molar-refractivity contribution in [3.8, 4) is 5.75 Å². The number of fused-ring (bicyclic) bond motifs is 1. The average molecular weight is 340 g/mol. The van der Waals surface area contributed by atoms with Gasteiger partial charge in [0.1, 0.15) is 23.1 Å². The maximum Gasteiger partial charge on any atom is 0.131 e. The number of hydrogen-bond acceptors (Lipinski definition) is 4. The van der Waals surface area contributed by atoms with E-state index in [9.17, 15) is 4.21 Å². The molecule has 0 saturated carbocycles. The van der Waals surface area contributed by atoms with Crippen LogP contribution < -0.4 is 4.74 Å². The predicted octanol–water partition coefficient (Wildman–Crippen LogP) is 2.39. The number of aromatic nitrogens is 3. The van der Waals surface area contributed by atoms with Gasteiger partial charge in [-0.1, -0.05) is 12.1 Å². The van der Waals surface area contributed by atoms with Gasteiger partial charge in [0.15, 0.2) is 0 Å². The summed E-state index contributed by atoms with van der Waals surface area (Å²) < 4.78 is 19.8. The molecule has 0 aliphatic rings. The van der Waals surface area contributed by atoms with Crippen molar-refractivity contribution >= 4 is 45.1 Å². The zero-order chi connectivity index (χ0) is 15.7. The molecule has 23 heavy (non-hydrogen) atoms. The van der Waals surface area contributed by atoms with Gasteiger partial charge >= 0.3 is 0 Å². The van der Waals surface area contributed by atoms with E-state index in [0.717, 1.165) is 33.6 Å². The minimum Gasteiger partial charge on any atom is -0.496 e. The van der Waals surface area contributed by atoms with E-state index in [4.69, 9.17) is 4.74 Å². The zero-order valence-corrected chi connectivity index (χ0v) is 15.7. The third-order valence-electron chi connectivity index (χ3n) is 3.65. The van der Waals surface area contributed by atoms with Gasteiger partial charge in [0.25, 0.3) is 0 Å². The quantitative estimate of drug-likeness (QED) is 0.685. The minimum atomic E-state index is -1.27. The van der Waals surface area contributed by atoms with Crippen molar-refractivity contribution in [2.45, 2.75) is 19.6 Å². The minimum absolute atomic E-state index is 0. The molecule has 0 spiro atoms. The average Bonchev–Trinajstić information content (AvgIpc) is 2.95. The third-order valence-corrected chi connectivity index (χ3v) is 4.90. The summed E-state index contributed by atoms with van der Waals surface area (Å²) in [7, 11) is 0.369. The van der Waals surface area contributed by atoms with Crippen molar-refractivity contribution in [3.63, 3.8) is 0 Å². The number of para-hydroxylation sites is 2. The molecule has 0 N–H and O–H groups in total. The zero-order valence-electron chi connectivity index (χ0n) is 13.4. The lowest BCUT2D eigenvalue weighted by Gasteiger charge is -2.12. The number of methoxy groups -OCH3 is 1. The number of nitrogens with zero attached hydrogens (tertiary/aromatic N) is 3. The van der Waals surface area contributed by atoms with E-state index < -0.39 is 11.0 Å². The normalized spacial score (nSPS) is 12.0. The second-order valence-electron chi connectivity index (χ2n) is 5.07. The van der Waals surface area contributed by atoms with Crippen LogP contribution in [0.15, 0.2) is 36.8 Å². The van der Waals surface area contributed by atoms with Crippen molar-refractivity contribution in [1.82, 2.24) is 13.9 Å². The first-order valence-electron chi connectivity index (χ1n) is 6.92. The fourth-order valence-corrected chi connectivity index (χ4v) is 3.69. The van der Waals surface area contributed by atoms with Crippen molar-refractivity contribution in [3.05, 3.63) is 53.6 Å². The topological polar surface area (TPSA) is 57.0 Å². The Balaban J connectivity index is 0.00000192. The van der Waals surface area contributed by atoms with E-state index in [2.05, 4.69) is 9.97 Å². The van der Waals surface area contributed by atoms with E-state index in [-0.39, 0.29) is 23.1 Å². The first-order chi connectivity index (χ1) is 10.6. The molecule has 3 aromatic rings. The number of benzene rings is 1. The van der Waals surface area contributed by atoms with Crippen molar-refractivity contribution < 1.29 is 8.95 Å².